The molecule has 0 aliphatic carbocycles. The Kier molecular flexibility index (Phi) is 8.02. The van der Waals surface area contributed by atoms with Crippen LogP contribution in [0.3, 0.4) is 0 Å². The van der Waals surface area contributed by atoms with Crippen LogP contribution in [-0.4, -0.2) is 16.3 Å². The van der Waals surface area contributed by atoms with Crippen LogP contribution in [0.15, 0.2) is 0 Å². The number of aryl methyl sites for hydroxylation is 1. The van der Waals surface area contributed by atoms with Gasteiger partial charge in [-0.2, -0.15) is 5.10 Å². The Morgan fingerprint density at radius 1 is 1.05 bits per heavy atom. The second-order valence-electron chi connectivity index (χ2n) is 6.01. The summed E-state index contributed by atoms with van der Waals surface area (Å²) in [5.74, 6) is 0. The van der Waals surface area contributed by atoms with Gasteiger partial charge in [-0.15, -0.1) is 0 Å². The quantitative estimate of drug-likeness (QED) is 0.670. The van der Waals surface area contributed by atoms with Crippen LogP contribution in [0.5, 0.6) is 0 Å². The first-order valence-corrected chi connectivity index (χ1v) is 8.97. The van der Waals surface area contributed by atoms with Gasteiger partial charge in [-0.25, -0.2) is 0 Å². The maximum Gasteiger partial charge on any atom is 0.0672 e. The van der Waals surface area contributed by atoms with Gasteiger partial charge in [0.15, 0.2) is 0 Å². The summed E-state index contributed by atoms with van der Waals surface area (Å²) in [4.78, 5) is 0. The van der Waals surface area contributed by atoms with Crippen molar-refractivity contribution < 1.29 is 0 Å². The first-order valence-electron chi connectivity index (χ1n) is 8.97. The molecule has 21 heavy (non-hydrogen) atoms. The Morgan fingerprint density at radius 3 is 2.24 bits per heavy atom. The zero-order valence-electron chi connectivity index (χ0n) is 15.0. The molecule has 0 bridgehead atoms. The first kappa shape index (κ1) is 18.2. The molecule has 0 fully saturated rings. The minimum atomic E-state index is 0.456. The van der Waals surface area contributed by atoms with Gasteiger partial charge in [-0.1, -0.05) is 41.0 Å². The molecule has 1 N–H and O–H groups in total. The summed E-state index contributed by atoms with van der Waals surface area (Å²) >= 11 is 0. The monoisotopic (exact) mass is 293 g/mol. The average Bonchev–Trinajstić information content (AvgIpc) is 2.87. The van der Waals surface area contributed by atoms with E-state index in [1.54, 1.807) is 0 Å². The minimum absolute atomic E-state index is 0.456. The number of nitrogens with zero attached hydrogens (tertiary/aromatic N) is 2. The lowest BCUT2D eigenvalue weighted by atomic mass is 9.98. The summed E-state index contributed by atoms with van der Waals surface area (Å²) in [5.41, 5.74) is 4.23. The summed E-state index contributed by atoms with van der Waals surface area (Å²) in [7, 11) is 0. The fraction of sp³-hybridized carbons (Fsp3) is 0.833. The molecule has 0 radical (unpaired) electrons. The molecule has 1 heterocycles. The maximum atomic E-state index is 4.97. The number of aromatic nitrogens is 2. The van der Waals surface area contributed by atoms with Crippen LogP contribution >= 0.6 is 0 Å². The molecule has 0 amide bonds. The third-order valence-electron chi connectivity index (χ3n) is 4.32. The van der Waals surface area contributed by atoms with Gasteiger partial charge in [0.05, 0.1) is 5.69 Å². The average molecular weight is 293 g/mol. The minimum Gasteiger partial charge on any atom is -0.310 e. The molecule has 0 saturated heterocycles. The van der Waals surface area contributed by atoms with E-state index in [0.717, 1.165) is 25.8 Å². The summed E-state index contributed by atoms with van der Waals surface area (Å²) < 4.78 is 2.31. The van der Waals surface area contributed by atoms with E-state index in [4.69, 9.17) is 5.10 Å². The highest BCUT2D eigenvalue weighted by atomic mass is 15.3. The fourth-order valence-electron chi connectivity index (χ4n) is 3.22. The smallest absolute Gasteiger partial charge is 0.0672 e. The van der Waals surface area contributed by atoms with Gasteiger partial charge >= 0.3 is 0 Å². The van der Waals surface area contributed by atoms with Gasteiger partial charge in [-0.05, 0) is 45.6 Å². The summed E-state index contributed by atoms with van der Waals surface area (Å²) in [6, 6.07) is 0.963. The van der Waals surface area contributed by atoms with Gasteiger partial charge in [0.2, 0.25) is 0 Å². The van der Waals surface area contributed by atoms with Gasteiger partial charge in [0.1, 0.15) is 0 Å². The number of rotatable bonds is 10. The largest absolute Gasteiger partial charge is 0.310 e. The topological polar surface area (TPSA) is 29.9 Å². The Labute approximate surface area is 131 Å². The Hall–Kier alpha value is -0.830. The van der Waals surface area contributed by atoms with Crippen molar-refractivity contribution in [3.63, 3.8) is 0 Å². The van der Waals surface area contributed by atoms with Crippen LogP contribution in [0.1, 0.15) is 96.3 Å². The van der Waals surface area contributed by atoms with Crippen molar-refractivity contribution in [3.8, 4) is 0 Å². The maximum absolute atomic E-state index is 4.97. The van der Waals surface area contributed by atoms with Crippen molar-refractivity contribution >= 4 is 0 Å². The Bertz CT molecular complexity index is 409. The van der Waals surface area contributed by atoms with E-state index < -0.39 is 0 Å². The zero-order valence-corrected chi connectivity index (χ0v) is 15.0. The lowest BCUT2D eigenvalue weighted by molar-refractivity contribution is 0.435. The molecule has 1 aromatic heterocycles. The van der Waals surface area contributed by atoms with Crippen molar-refractivity contribution in [1.29, 1.82) is 0 Å². The molecule has 0 aliphatic rings. The Balaban J connectivity index is 3.21. The Morgan fingerprint density at radius 2 is 1.76 bits per heavy atom. The van der Waals surface area contributed by atoms with Gasteiger partial charge in [0, 0.05) is 23.3 Å². The van der Waals surface area contributed by atoms with Crippen LogP contribution in [0.25, 0.3) is 0 Å². The molecule has 2 atom stereocenters. The molecular formula is C18H35N3. The number of hydrogen-bond donors (Lipinski definition) is 1. The van der Waals surface area contributed by atoms with E-state index in [1.807, 2.05) is 0 Å². The van der Waals surface area contributed by atoms with E-state index in [0.29, 0.717) is 12.1 Å². The van der Waals surface area contributed by atoms with E-state index >= 15 is 0 Å². The zero-order chi connectivity index (χ0) is 15.8. The molecule has 1 aromatic rings. The molecule has 1 rings (SSSR count). The number of hydrogen-bond acceptors (Lipinski definition) is 2. The third kappa shape index (κ3) is 4.32. The molecular weight excluding hydrogens is 258 g/mol. The second kappa shape index (κ2) is 9.24. The van der Waals surface area contributed by atoms with Gasteiger partial charge in [0.25, 0.3) is 0 Å². The molecule has 0 spiro atoms. The molecule has 0 aromatic carbocycles. The van der Waals surface area contributed by atoms with Crippen LogP contribution in [0.4, 0.5) is 0 Å². The second-order valence-corrected chi connectivity index (χ2v) is 6.01. The lowest BCUT2D eigenvalue weighted by Gasteiger charge is -2.20. The number of nitrogens with one attached hydrogen (secondary N) is 1. The van der Waals surface area contributed by atoms with Gasteiger partial charge < -0.3 is 5.32 Å². The SMILES string of the molecule is CCCNC(CC)c1c(CC)nn(C(C)CCC)c1CC. The van der Waals surface area contributed by atoms with E-state index in [-0.39, 0.29) is 0 Å². The molecule has 0 aliphatic heterocycles. The van der Waals surface area contributed by atoms with Crippen molar-refractivity contribution in [3.05, 3.63) is 17.0 Å². The highest BCUT2D eigenvalue weighted by Crippen LogP contribution is 2.29. The third-order valence-corrected chi connectivity index (χ3v) is 4.32. The standard InChI is InChI=1S/C18H35N3/c1-7-12-14(6)21-17(11-5)18(16(10-4)20-21)15(9-3)19-13-8-2/h14-15,19H,7-13H2,1-6H3. The first-order chi connectivity index (χ1) is 10.1. The normalized spacial score (nSPS) is 14.4. The molecule has 0 saturated carbocycles. The van der Waals surface area contributed by atoms with E-state index in [9.17, 15) is 0 Å². The van der Waals surface area contributed by atoms with E-state index in [1.165, 1.54) is 36.2 Å². The highest BCUT2D eigenvalue weighted by molar-refractivity contribution is 5.31. The summed E-state index contributed by atoms with van der Waals surface area (Å²) in [5, 5.41) is 8.69. The van der Waals surface area contributed by atoms with Crippen molar-refractivity contribution in [2.45, 2.75) is 92.2 Å². The van der Waals surface area contributed by atoms with Crippen molar-refractivity contribution in [2.75, 3.05) is 6.54 Å². The lowest BCUT2D eigenvalue weighted by Crippen LogP contribution is -2.23. The predicted octanol–water partition coefficient (Wildman–Crippen LogP) is 4.82. The van der Waals surface area contributed by atoms with Crippen LogP contribution in [-0.2, 0) is 12.8 Å². The highest BCUT2D eigenvalue weighted by Gasteiger charge is 2.23. The molecule has 3 heteroatoms. The molecule has 2 unspecified atom stereocenters. The molecule has 3 nitrogen and oxygen atoms in total. The van der Waals surface area contributed by atoms with Crippen LogP contribution in [0, 0.1) is 0 Å². The van der Waals surface area contributed by atoms with Crippen LogP contribution in [0.2, 0.25) is 0 Å². The van der Waals surface area contributed by atoms with Crippen molar-refractivity contribution in [2.24, 2.45) is 0 Å². The molecule has 122 valence electrons. The predicted molar refractivity (Wildman–Crippen MR) is 91.9 cm³/mol. The summed E-state index contributed by atoms with van der Waals surface area (Å²) in [6.45, 7) is 14.6. The fourth-order valence-corrected chi connectivity index (χ4v) is 3.22. The van der Waals surface area contributed by atoms with Crippen molar-refractivity contribution in [1.82, 2.24) is 15.1 Å². The summed E-state index contributed by atoms with van der Waals surface area (Å²) in [6.07, 6.45) is 6.83. The van der Waals surface area contributed by atoms with Crippen LogP contribution < -0.4 is 5.32 Å². The van der Waals surface area contributed by atoms with Gasteiger partial charge in [-0.3, -0.25) is 4.68 Å². The van der Waals surface area contributed by atoms with E-state index in [2.05, 4.69) is 51.5 Å².